The summed E-state index contributed by atoms with van der Waals surface area (Å²) in [6.07, 6.45) is 0.412. The summed E-state index contributed by atoms with van der Waals surface area (Å²) in [7, 11) is -3.74. The number of carboxylic acid groups (broad SMARTS) is 1. The van der Waals surface area contributed by atoms with Gasteiger partial charge in [0, 0.05) is 12.7 Å². The van der Waals surface area contributed by atoms with Gasteiger partial charge in [-0.15, -0.1) is 0 Å². The SMILES string of the molecule is CC(C)(C)CN(Cc1cc(Br)n(S(=O)(=O)c2ccccc2)c1)C(=O)O. The van der Waals surface area contributed by atoms with Crippen LogP contribution in [0.1, 0.15) is 26.3 Å². The standard InChI is InChI=1S/C17H21BrN2O4S/c1-17(2,3)12-19(16(21)22)10-13-9-15(18)20(11-13)25(23,24)14-7-5-4-6-8-14/h4-9,11H,10,12H2,1-3H3,(H,21,22). The van der Waals surface area contributed by atoms with Crippen molar-refractivity contribution >= 4 is 32.0 Å². The van der Waals surface area contributed by atoms with Crippen LogP contribution in [-0.4, -0.2) is 35.0 Å². The highest BCUT2D eigenvalue weighted by Gasteiger charge is 2.24. The van der Waals surface area contributed by atoms with Gasteiger partial charge in [-0.3, -0.25) is 0 Å². The van der Waals surface area contributed by atoms with Crippen molar-refractivity contribution in [3.8, 4) is 0 Å². The van der Waals surface area contributed by atoms with Crippen molar-refractivity contribution in [1.82, 2.24) is 8.87 Å². The van der Waals surface area contributed by atoms with E-state index in [2.05, 4.69) is 15.9 Å². The van der Waals surface area contributed by atoms with Gasteiger partial charge in [-0.25, -0.2) is 17.2 Å². The average Bonchev–Trinajstić information content (AvgIpc) is 2.87. The normalized spacial score (nSPS) is 12.2. The Balaban J connectivity index is 2.32. The van der Waals surface area contributed by atoms with Crippen molar-refractivity contribution in [3.63, 3.8) is 0 Å². The zero-order valence-electron chi connectivity index (χ0n) is 14.3. The molecule has 0 bridgehead atoms. The van der Waals surface area contributed by atoms with E-state index in [1.54, 1.807) is 24.3 Å². The summed E-state index contributed by atoms with van der Waals surface area (Å²) in [5, 5.41) is 9.40. The second kappa shape index (κ2) is 7.21. The van der Waals surface area contributed by atoms with E-state index in [0.29, 0.717) is 16.7 Å². The van der Waals surface area contributed by atoms with Crippen molar-refractivity contribution < 1.29 is 18.3 Å². The van der Waals surface area contributed by atoms with Crippen LogP contribution in [0.15, 0.2) is 52.1 Å². The number of hydrogen-bond donors (Lipinski definition) is 1. The third-order valence-corrected chi connectivity index (χ3v) is 5.94. The number of rotatable bonds is 5. The molecule has 2 aromatic rings. The van der Waals surface area contributed by atoms with Crippen LogP contribution in [0, 0.1) is 5.41 Å². The molecule has 1 N–H and O–H groups in total. The van der Waals surface area contributed by atoms with Crippen molar-refractivity contribution in [3.05, 3.63) is 52.8 Å². The molecule has 0 aliphatic carbocycles. The fourth-order valence-corrected chi connectivity index (χ4v) is 4.68. The Morgan fingerprint density at radius 3 is 2.36 bits per heavy atom. The van der Waals surface area contributed by atoms with Gasteiger partial charge >= 0.3 is 6.09 Å². The van der Waals surface area contributed by atoms with E-state index in [9.17, 15) is 18.3 Å². The number of nitrogens with zero attached hydrogens (tertiary/aromatic N) is 2. The average molecular weight is 429 g/mol. The number of benzene rings is 1. The number of hydrogen-bond acceptors (Lipinski definition) is 3. The molecule has 6 nitrogen and oxygen atoms in total. The van der Waals surface area contributed by atoms with Crippen molar-refractivity contribution in [2.45, 2.75) is 32.2 Å². The van der Waals surface area contributed by atoms with Crippen LogP contribution in [0.2, 0.25) is 0 Å². The van der Waals surface area contributed by atoms with Gasteiger partial charge in [-0.1, -0.05) is 39.0 Å². The summed E-state index contributed by atoms with van der Waals surface area (Å²) in [5.41, 5.74) is 0.395. The van der Waals surface area contributed by atoms with Gasteiger partial charge in [0.15, 0.2) is 0 Å². The lowest BCUT2D eigenvalue weighted by molar-refractivity contribution is 0.123. The van der Waals surface area contributed by atoms with E-state index in [0.717, 1.165) is 3.97 Å². The van der Waals surface area contributed by atoms with E-state index < -0.39 is 16.1 Å². The fourth-order valence-electron chi connectivity index (χ4n) is 2.43. The Morgan fingerprint density at radius 2 is 1.84 bits per heavy atom. The maximum Gasteiger partial charge on any atom is 0.407 e. The summed E-state index contributed by atoms with van der Waals surface area (Å²) in [6.45, 7) is 6.30. The fraction of sp³-hybridized carbons (Fsp3) is 0.353. The maximum atomic E-state index is 12.7. The largest absolute Gasteiger partial charge is 0.465 e. The molecule has 0 aliphatic heterocycles. The molecule has 1 aromatic carbocycles. The molecule has 0 radical (unpaired) electrons. The van der Waals surface area contributed by atoms with Crippen molar-refractivity contribution in [2.75, 3.05) is 6.54 Å². The first-order chi connectivity index (χ1) is 11.5. The van der Waals surface area contributed by atoms with Gasteiger partial charge in [-0.05, 0) is 45.1 Å². The highest BCUT2D eigenvalue weighted by Crippen LogP contribution is 2.24. The lowest BCUT2D eigenvalue weighted by atomic mass is 9.96. The van der Waals surface area contributed by atoms with Crippen LogP contribution in [0.25, 0.3) is 0 Å². The number of halogens is 1. The second-order valence-corrected chi connectivity index (χ2v) is 9.61. The van der Waals surface area contributed by atoms with Gasteiger partial charge in [-0.2, -0.15) is 0 Å². The van der Waals surface area contributed by atoms with Crippen LogP contribution in [0.4, 0.5) is 4.79 Å². The minimum Gasteiger partial charge on any atom is -0.465 e. The first kappa shape index (κ1) is 19.5. The van der Waals surface area contributed by atoms with E-state index in [4.69, 9.17) is 0 Å². The van der Waals surface area contributed by atoms with Gasteiger partial charge in [0.25, 0.3) is 10.0 Å². The molecular weight excluding hydrogens is 408 g/mol. The number of amides is 1. The summed E-state index contributed by atoms with van der Waals surface area (Å²) in [4.78, 5) is 12.9. The topological polar surface area (TPSA) is 79.6 Å². The monoisotopic (exact) mass is 428 g/mol. The lowest BCUT2D eigenvalue weighted by Gasteiger charge is -2.27. The predicted octanol–water partition coefficient (Wildman–Crippen LogP) is 4.01. The van der Waals surface area contributed by atoms with Gasteiger partial charge in [0.2, 0.25) is 0 Å². The molecule has 1 aromatic heterocycles. The van der Waals surface area contributed by atoms with Crippen LogP contribution in [0.5, 0.6) is 0 Å². The molecule has 0 atom stereocenters. The Labute approximate surface area is 156 Å². The summed E-state index contributed by atoms with van der Waals surface area (Å²) in [6, 6.07) is 9.71. The Morgan fingerprint density at radius 1 is 1.24 bits per heavy atom. The van der Waals surface area contributed by atoms with Gasteiger partial charge in [0.05, 0.1) is 11.4 Å². The number of aromatic nitrogens is 1. The highest BCUT2D eigenvalue weighted by molar-refractivity contribution is 9.10. The molecule has 0 spiro atoms. The minimum absolute atomic E-state index is 0.114. The highest BCUT2D eigenvalue weighted by atomic mass is 79.9. The minimum atomic E-state index is -3.74. The zero-order chi connectivity index (χ0) is 18.8. The van der Waals surface area contributed by atoms with Crippen molar-refractivity contribution in [1.29, 1.82) is 0 Å². The van der Waals surface area contributed by atoms with E-state index in [1.807, 2.05) is 20.8 Å². The molecule has 0 aliphatic rings. The quantitative estimate of drug-likeness (QED) is 0.779. The molecule has 0 saturated heterocycles. The molecule has 1 amide bonds. The molecular formula is C17H21BrN2O4S. The van der Waals surface area contributed by atoms with Gasteiger partial charge < -0.3 is 10.0 Å². The van der Waals surface area contributed by atoms with Crippen LogP contribution >= 0.6 is 15.9 Å². The van der Waals surface area contributed by atoms with E-state index in [1.165, 1.54) is 23.2 Å². The summed E-state index contributed by atoms with van der Waals surface area (Å²) in [5.74, 6) is 0. The smallest absolute Gasteiger partial charge is 0.407 e. The zero-order valence-corrected chi connectivity index (χ0v) is 16.7. The molecule has 2 rings (SSSR count). The summed E-state index contributed by atoms with van der Waals surface area (Å²) >= 11 is 3.26. The molecule has 136 valence electrons. The van der Waals surface area contributed by atoms with Crippen LogP contribution < -0.4 is 0 Å². The molecule has 0 fully saturated rings. The van der Waals surface area contributed by atoms with Crippen molar-refractivity contribution in [2.24, 2.45) is 5.41 Å². The molecule has 0 saturated carbocycles. The van der Waals surface area contributed by atoms with E-state index in [-0.39, 0.29) is 16.9 Å². The molecule has 8 heteroatoms. The van der Waals surface area contributed by atoms with Crippen LogP contribution in [-0.2, 0) is 16.6 Å². The Bertz CT molecular complexity index is 855. The Kier molecular flexibility index (Phi) is 5.63. The molecule has 0 unspecified atom stereocenters. The predicted molar refractivity (Wildman–Crippen MR) is 99.0 cm³/mol. The second-order valence-electron chi connectivity index (χ2n) is 6.98. The molecule has 25 heavy (non-hydrogen) atoms. The maximum absolute atomic E-state index is 12.7. The lowest BCUT2D eigenvalue weighted by Crippen LogP contribution is -2.36. The number of carbonyl (C=O) groups is 1. The Hall–Kier alpha value is -1.80. The molecule has 1 heterocycles. The third-order valence-electron chi connectivity index (χ3n) is 3.41. The first-order valence-electron chi connectivity index (χ1n) is 7.66. The van der Waals surface area contributed by atoms with Crippen LogP contribution in [0.3, 0.4) is 0 Å². The van der Waals surface area contributed by atoms with E-state index >= 15 is 0 Å². The first-order valence-corrected chi connectivity index (χ1v) is 9.89. The summed E-state index contributed by atoms with van der Waals surface area (Å²) < 4.78 is 26.9. The van der Waals surface area contributed by atoms with Gasteiger partial charge in [0.1, 0.15) is 4.60 Å². The third kappa shape index (κ3) is 4.85.